The number of ether oxygens (including phenoxy) is 1. The van der Waals surface area contributed by atoms with Crippen LogP contribution in [0.1, 0.15) is 64.6 Å². The van der Waals surface area contributed by atoms with Gasteiger partial charge < -0.3 is 23.9 Å². The van der Waals surface area contributed by atoms with Crippen molar-refractivity contribution >= 4 is 53.0 Å². The van der Waals surface area contributed by atoms with Gasteiger partial charge in [-0.1, -0.05) is 98.2 Å². The lowest BCUT2D eigenvalue weighted by Crippen LogP contribution is -2.66. The maximum absolute atomic E-state index is 13.1. The summed E-state index contributed by atoms with van der Waals surface area (Å²) in [5, 5.41) is 9.45. The van der Waals surface area contributed by atoms with Crippen LogP contribution in [0.25, 0.3) is 11.1 Å². The highest BCUT2D eigenvalue weighted by molar-refractivity contribution is 6.99. The number of rotatable bonds is 8. The van der Waals surface area contributed by atoms with Crippen LogP contribution in [0.15, 0.2) is 65.2 Å². The number of hydrogen-bond donors (Lipinski definition) is 1. The molecule has 1 N–H and O–H groups in total. The molecular weight excluding hydrogens is 580 g/mol. The number of benzene rings is 2. The summed E-state index contributed by atoms with van der Waals surface area (Å²) in [5.74, 6) is -0.363. The van der Waals surface area contributed by atoms with Gasteiger partial charge in [0.2, 0.25) is 5.58 Å². The summed E-state index contributed by atoms with van der Waals surface area (Å²) >= 11 is 7.14. The van der Waals surface area contributed by atoms with Gasteiger partial charge in [-0.25, -0.2) is 4.98 Å². The van der Waals surface area contributed by atoms with Crippen molar-refractivity contribution in [2.45, 2.75) is 78.4 Å². The van der Waals surface area contributed by atoms with Crippen molar-refractivity contribution in [3.05, 3.63) is 77.1 Å². The molecule has 43 heavy (non-hydrogen) atoms. The molecule has 1 amide bonds. The van der Waals surface area contributed by atoms with Crippen molar-refractivity contribution in [2.24, 2.45) is 0 Å². The van der Waals surface area contributed by atoms with E-state index in [-0.39, 0.29) is 47.1 Å². The second-order valence-corrected chi connectivity index (χ2v) is 17.4. The Morgan fingerprint density at radius 1 is 1.05 bits per heavy atom. The number of pyridine rings is 1. The largest absolute Gasteiger partial charge is 0.401 e. The topological polar surface area (TPSA) is 89.7 Å². The van der Waals surface area contributed by atoms with Gasteiger partial charge in [-0.2, -0.15) is 0 Å². The molecule has 1 fully saturated rings. The number of nitrogens with zero attached hydrogens (tertiary/aromatic N) is 3. The number of anilines is 1. The van der Waals surface area contributed by atoms with Gasteiger partial charge in [0.05, 0.1) is 30.2 Å². The first-order valence-electron chi connectivity index (χ1n) is 14.9. The van der Waals surface area contributed by atoms with E-state index in [1.165, 1.54) is 0 Å². The summed E-state index contributed by atoms with van der Waals surface area (Å²) in [6.45, 7) is 16.0. The fourth-order valence-corrected chi connectivity index (χ4v) is 11.0. The number of carbonyl (C=O) groups excluding carboxylic acids is 1. The van der Waals surface area contributed by atoms with E-state index < -0.39 is 8.32 Å². The van der Waals surface area contributed by atoms with Gasteiger partial charge in [0.25, 0.3) is 14.2 Å². The maximum atomic E-state index is 13.1. The second-order valence-electron chi connectivity index (χ2n) is 12.7. The molecule has 2 atom stereocenters. The van der Waals surface area contributed by atoms with Crippen molar-refractivity contribution in [3.63, 3.8) is 0 Å². The van der Waals surface area contributed by atoms with E-state index in [1.807, 2.05) is 39.8 Å². The van der Waals surface area contributed by atoms with Crippen LogP contribution in [-0.4, -0.2) is 55.7 Å². The molecule has 5 rings (SSSR count). The average molecular weight is 621 g/mol. The number of nitrogens with one attached hydrogen (secondary N) is 1. The molecular formula is C33H41ClN4O4Si. The van der Waals surface area contributed by atoms with Gasteiger partial charge in [0.15, 0.2) is 5.69 Å². The molecule has 0 saturated carbocycles. The summed E-state index contributed by atoms with van der Waals surface area (Å²) in [7, 11) is -2.90. The van der Waals surface area contributed by atoms with E-state index in [1.54, 1.807) is 0 Å². The Balaban J connectivity index is 1.69. The normalized spacial score (nSPS) is 17.9. The first-order valence-corrected chi connectivity index (χ1v) is 17.1. The summed E-state index contributed by atoms with van der Waals surface area (Å²) in [6, 6.07) is 20.9. The predicted molar refractivity (Wildman–Crippen MR) is 174 cm³/mol. The average Bonchev–Trinajstić information content (AvgIpc) is 3.37. The van der Waals surface area contributed by atoms with Crippen LogP contribution in [0.5, 0.6) is 0 Å². The Labute approximate surface area is 259 Å². The fourth-order valence-electron chi connectivity index (χ4n) is 6.16. The Morgan fingerprint density at radius 2 is 1.60 bits per heavy atom. The molecule has 2 unspecified atom stereocenters. The molecule has 3 heterocycles. The van der Waals surface area contributed by atoms with Gasteiger partial charge in [-0.05, 0) is 43.1 Å². The van der Waals surface area contributed by atoms with E-state index >= 15 is 0 Å². The summed E-state index contributed by atoms with van der Waals surface area (Å²) < 4.78 is 19.0. The zero-order valence-electron chi connectivity index (χ0n) is 26.0. The van der Waals surface area contributed by atoms with Gasteiger partial charge in [-0.3, -0.25) is 4.79 Å². The van der Waals surface area contributed by atoms with E-state index in [2.05, 4.69) is 84.7 Å². The number of hydrogen-bond acceptors (Lipinski definition) is 7. The highest BCUT2D eigenvalue weighted by Gasteiger charge is 2.50. The molecule has 10 heteroatoms. The zero-order chi connectivity index (χ0) is 30.9. The molecule has 228 valence electrons. The molecule has 0 bridgehead atoms. The summed E-state index contributed by atoms with van der Waals surface area (Å²) in [6.07, 6.45) is -0.0221. The maximum Gasteiger partial charge on any atom is 0.275 e. The van der Waals surface area contributed by atoms with Crippen LogP contribution in [-0.2, 0) is 15.8 Å². The third-order valence-electron chi connectivity index (χ3n) is 7.81. The summed E-state index contributed by atoms with van der Waals surface area (Å²) in [4.78, 5) is 20.3. The number of amides is 1. The number of morpholine rings is 1. The van der Waals surface area contributed by atoms with Gasteiger partial charge in [0, 0.05) is 19.1 Å². The van der Waals surface area contributed by atoms with Gasteiger partial charge >= 0.3 is 0 Å². The Bertz CT molecular complexity index is 1520. The molecule has 4 aromatic rings. The van der Waals surface area contributed by atoms with Gasteiger partial charge in [-0.15, -0.1) is 0 Å². The molecule has 1 aliphatic heterocycles. The standard InChI is InChI=1S/C33H41ClN4O4Si/c1-21(2)35-32(39)29-28-31(42-37-29)27(34)30(38-18-22(3)41-23(4)19-38)26(36-28)20-40-43(33(5,6)7,24-14-10-8-11-15-24)25-16-12-9-13-17-25/h8-17,21-23H,18-20H2,1-7H3,(H,35,39). The first kappa shape index (κ1) is 31.2. The molecule has 2 aromatic heterocycles. The number of halogens is 1. The molecule has 2 aromatic carbocycles. The highest BCUT2D eigenvalue weighted by Crippen LogP contribution is 2.41. The molecule has 1 aliphatic rings. The number of fused-ring (bicyclic) bond motifs is 1. The smallest absolute Gasteiger partial charge is 0.275 e. The molecule has 0 radical (unpaired) electrons. The number of carbonyl (C=O) groups is 1. The zero-order valence-corrected chi connectivity index (χ0v) is 27.7. The Kier molecular flexibility index (Phi) is 8.99. The lowest BCUT2D eigenvalue weighted by Gasteiger charge is -2.43. The van der Waals surface area contributed by atoms with Crippen molar-refractivity contribution in [3.8, 4) is 0 Å². The van der Waals surface area contributed by atoms with Crippen molar-refractivity contribution in [2.75, 3.05) is 18.0 Å². The fraction of sp³-hybridized carbons (Fsp3) is 0.424. The van der Waals surface area contributed by atoms with E-state index in [0.29, 0.717) is 29.3 Å². The molecule has 0 aliphatic carbocycles. The van der Waals surface area contributed by atoms with Crippen molar-refractivity contribution in [1.82, 2.24) is 15.5 Å². The minimum Gasteiger partial charge on any atom is -0.401 e. The lowest BCUT2D eigenvalue weighted by molar-refractivity contribution is -0.00532. The minimum atomic E-state index is -2.90. The monoisotopic (exact) mass is 620 g/mol. The SMILES string of the molecule is CC(C)NC(=O)c1noc2c(Cl)c(N3CC(C)OC(C)C3)c(CO[Si](c3ccccc3)(c3ccccc3)C(C)(C)C)nc12. The quantitative estimate of drug-likeness (QED) is 0.253. The molecule has 8 nitrogen and oxygen atoms in total. The van der Waals surface area contributed by atoms with Gasteiger partial charge in [0.1, 0.15) is 10.5 Å². The Hall–Kier alpha value is -3.24. The van der Waals surface area contributed by atoms with Crippen LogP contribution in [0.4, 0.5) is 5.69 Å². The first-order chi connectivity index (χ1) is 20.4. The van der Waals surface area contributed by atoms with E-state index in [9.17, 15) is 4.79 Å². The Morgan fingerprint density at radius 3 is 2.12 bits per heavy atom. The van der Waals surface area contributed by atoms with Crippen LogP contribution >= 0.6 is 11.6 Å². The van der Waals surface area contributed by atoms with Crippen LogP contribution in [0, 0.1) is 0 Å². The molecule has 0 spiro atoms. The minimum absolute atomic E-state index is 0.0110. The third-order valence-corrected chi connectivity index (χ3v) is 13.1. The second kappa shape index (κ2) is 12.4. The van der Waals surface area contributed by atoms with E-state index in [0.717, 1.165) is 16.1 Å². The van der Waals surface area contributed by atoms with Crippen LogP contribution in [0.2, 0.25) is 10.1 Å². The number of aromatic nitrogens is 2. The highest BCUT2D eigenvalue weighted by atomic mass is 35.5. The lowest BCUT2D eigenvalue weighted by atomic mass is 10.1. The van der Waals surface area contributed by atoms with Crippen molar-refractivity contribution < 1.29 is 18.5 Å². The predicted octanol–water partition coefficient (Wildman–Crippen LogP) is 5.70. The van der Waals surface area contributed by atoms with Crippen LogP contribution in [0.3, 0.4) is 0 Å². The van der Waals surface area contributed by atoms with Crippen LogP contribution < -0.4 is 20.6 Å². The summed E-state index contributed by atoms with van der Waals surface area (Å²) in [5.41, 5.74) is 2.07. The van der Waals surface area contributed by atoms with Crippen molar-refractivity contribution in [1.29, 1.82) is 0 Å². The third kappa shape index (κ3) is 6.09. The molecule has 1 saturated heterocycles. The van der Waals surface area contributed by atoms with E-state index in [4.69, 9.17) is 30.3 Å².